The first kappa shape index (κ1) is 39.3. The number of fused-ring (bicyclic) bond motifs is 3. The van der Waals surface area contributed by atoms with E-state index in [1.807, 2.05) is 126 Å². The molecule has 0 aliphatic heterocycles. The number of nitrogens with zero attached hydrogens (tertiary/aromatic N) is 5. The van der Waals surface area contributed by atoms with Gasteiger partial charge < -0.3 is 24.0 Å². The molecule has 0 saturated heterocycles. The van der Waals surface area contributed by atoms with Crippen molar-refractivity contribution >= 4 is 21.8 Å². The molecule has 0 spiro atoms. The molecule has 0 radical (unpaired) electrons. The monoisotopic (exact) mass is 943 g/mol. The van der Waals surface area contributed by atoms with E-state index in [0.29, 0.717) is 28.9 Å². The predicted octanol–water partition coefficient (Wildman–Crippen LogP) is 11.8. The minimum Gasteiger partial charge on any atom is -0.503 e. The van der Waals surface area contributed by atoms with Gasteiger partial charge >= 0.3 is 40.8 Å². The van der Waals surface area contributed by atoms with Gasteiger partial charge in [-0.15, -0.1) is 71.8 Å². The molecule has 0 bridgehead atoms. The Balaban J connectivity index is 0.00000242. The SMILES string of the molecule is [Pd+2].[Pd+2].[c-]1c(Oc2[c-]c3c(cc2)c2ccc(Oc4[c-]c(-c5ccc(-c6ccccc6)cn5)ccc4)[c-]c2n3-c2ncccn2)cccc1-c1ccc(-c2ccccc2)cn1. The van der Waals surface area contributed by atoms with Gasteiger partial charge in [-0.3, -0.25) is 0 Å². The molecule has 0 fully saturated rings. The Kier molecular flexibility index (Phi) is 11.6. The molecule has 4 aromatic heterocycles. The molecule has 59 heavy (non-hydrogen) atoms. The molecule has 6 aromatic carbocycles. The van der Waals surface area contributed by atoms with E-state index < -0.39 is 0 Å². The first-order valence-electron chi connectivity index (χ1n) is 18.4. The van der Waals surface area contributed by atoms with Crippen LogP contribution in [0.15, 0.2) is 176 Å². The topological polar surface area (TPSA) is 75.0 Å². The van der Waals surface area contributed by atoms with Crippen molar-refractivity contribution in [1.29, 1.82) is 0 Å². The summed E-state index contributed by atoms with van der Waals surface area (Å²) in [7, 11) is 0. The average molecular weight is 945 g/mol. The van der Waals surface area contributed by atoms with Gasteiger partial charge in [0.2, 0.25) is 5.95 Å². The molecular weight excluding hydrogens is 915 g/mol. The Morgan fingerprint density at radius 2 is 0.831 bits per heavy atom. The van der Waals surface area contributed by atoms with Crippen molar-refractivity contribution < 1.29 is 50.3 Å². The summed E-state index contributed by atoms with van der Waals surface area (Å²) in [5.41, 5.74) is 9.04. The number of rotatable bonds is 9. The summed E-state index contributed by atoms with van der Waals surface area (Å²) in [5.74, 6) is 2.57. The van der Waals surface area contributed by atoms with Crippen LogP contribution < -0.4 is 9.47 Å². The molecule has 0 unspecified atom stereocenters. The van der Waals surface area contributed by atoms with Crippen molar-refractivity contribution in [2.24, 2.45) is 0 Å². The summed E-state index contributed by atoms with van der Waals surface area (Å²) in [4.78, 5) is 18.6. The fourth-order valence-corrected chi connectivity index (χ4v) is 6.81. The molecule has 0 aliphatic rings. The van der Waals surface area contributed by atoms with Gasteiger partial charge in [0.15, 0.2) is 0 Å². The summed E-state index contributed by atoms with van der Waals surface area (Å²) in [5, 5.41) is 1.87. The first-order chi connectivity index (χ1) is 28.2. The van der Waals surface area contributed by atoms with Crippen molar-refractivity contribution in [1.82, 2.24) is 24.5 Å². The Morgan fingerprint density at radius 1 is 0.373 bits per heavy atom. The minimum atomic E-state index is 0. The van der Waals surface area contributed by atoms with Crippen LogP contribution in [0.4, 0.5) is 0 Å². The molecule has 9 heteroatoms. The van der Waals surface area contributed by atoms with Crippen LogP contribution in [0.25, 0.3) is 72.5 Å². The maximum absolute atomic E-state index is 6.37. The van der Waals surface area contributed by atoms with Gasteiger partial charge in [0.05, 0.1) is 0 Å². The molecular formula is C50H29N5O2Pd2. The third kappa shape index (κ3) is 8.25. The first-order valence-corrected chi connectivity index (χ1v) is 18.4. The van der Waals surface area contributed by atoms with E-state index in [9.17, 15) is 0 Å². The van der Waals surface area contributed by atoms with Crippen LogP contribution in [0, 0.1) is 24.3 Å². The van der Waals surface area contributed by atoms with Gasteiger partial charge in [-0.25, -0.2) is 9.97 Å². The zero-order valence-corrected chi connectivity index (χ0v) is 34.0. The third-order valence-corrected chi connectivity index (χ3v) is 9.56. The smallest absolute Gasteiger partial charge is 0.503 e. The number of hydrogen-bond acceptors (Lipinski definition) is 6. The molecule has 0 aliphatic carbocycles. The van der Waals surface area contributed by atoms with Crippen molar-refractivity contribution in [3.05, 3.63) is 201 Å². The summed E-state index contributed by atoms with van der Waals surface area (Å²) in [6.07, 6.45) is 7.18. The molecule has 0 N–H and O–H groups in total. The fourth-order valence-electron chi connectivity index (χ4n) is 6.81. The second-order valence-electron chi connectivity index (χ2n) is 13.2. The number of hydrogen-bond donors (Lipinski definition) is 0. The number of benzene rings is 6. The Labute approximate surface area is 368 Å². The fraction of sp³-hybridized carbons (Fsp3) is 0. The van der Waals surface area contributed by atoms with Crippen LogP contribution >= 0.6 is 0 Å². The Hall–Kier alpha value is -6.58. The maximum atomic E-state index is 6.37. The predicted molar refractivity (Wildman–Crippen MR) is 222 cm³/mol. The largest absolute Gasteiger partial charge is 2.00 e. The molecule has 0 saturated carbocycles. The van der Waals surface area contributed by atoms with Crippen LogP contribution in [0.3, 0.4) is 0 Å². The minimum absolute atomic E-state index is 0. The summed E-state index contributed by atoms with van der Waals surface area (Å²) < 4.78 is 14.7. The standard InChI is InChI=1S/C50H29N5O2.2Pd/c1-3-10-34(11-4-1)38-18-24-46(53-32-38)36-14-7-16-40(28-36)56-42-20-22-44-45-23-21-43(31-49(45)55(48(44)30-42)50-51-26-9-27-52-50)57-41-17-8-15-37(29-41)47-25-19-39(33-54-47)35-12-5-2-6-13-35;;/h1-27,32-33H;;/q-4;2*+2. The summed E-state index contributed by atoms with van der Waals surface area (Å²) in [6, 6.07) is 63.4. The van der Waals surface area contributed by atoms with Crippen LogP contribution in [-0.4, -0.2) is 24.5 Å². The van der Waals surface area contributed by atoms with Crippen molar-refractivity contribution in [2.45, 2.75) is 0 Å². The van der Waals surface area contributed by atoms with E-state index in [4.69, 9.17) is 19.4 Å². The molecule has 4 heterocycles. The van der Waals surface area contributed by atoms with Crippen molar-refractivity contribution in [2.75, 3.05) is 0 Å². The van der Waals surface area contributed by atoms with Gasteiger partial charge in [0.1, 0.15) is 0 Å². The third-order valence-electron chi connectivity index (χ3n) is 9.56. The Morgan fingerprint density at radius 3 is 1.27 bits per heavy atom. The van der Waals surface area contributed by atoms with Crippen LogP contribution in [-0.2, 0) is 40.8 Å². The van der Waals surface area contributed by atoms with Crippen LogP contribution in [0.2, 0.25) is 0 Å². The van der Waals surface area contributed by atoms with E-state index in [1.54, 1.807) is 18.5 Å². The molecule has 0 atom stereocenters. The van der Waals surface area contributed by atoms with E-state index >= 15 is 0 Å². The van der Waals surface area contributed by atoms with Crippen LogP contribution in [0.5, 0.6) is 23.0 Å². The van der Waals surface area contributed by atoms with E-state index in [2.05, 4.69) is 70.6 Å². The van der Waals surface area contributed by atoms with Crippen molar-refractivity contribution in [3.63, 3.8) is 0 Å². The van der Waals surface area contributed by atoms with Crippen molar-refractivity contribution in [3.8, 4) is 73.7 Å². The van der Waals surface area contributed by atoms with E-state index in [-0.39, 0.29) is 40.8 Å². The second kappa shape index (κ2) is 17.5. The maximum Gasteiger partial charge on any atom is 2.00 e. The summed E-state index contributed by atoms with van der Waals surface area (Å²) in [6.45, 7) is 0. The van der Waals surface area contributed by atoms with E-state index in [1.165, 1.54) is 0 Å². The van der Waals surface area contributed by atoms with Gasteiger partial charge in [-0.05, 0) is 39.7 Å². The number of aromatic nitrogens is 5. The second-order valence-corrected chi connectivity index (χ2v) is 13.2. The van der Waals surface area contributed by atoms with Crippen LogP contribution in [0.1, 0.15) is 0 Å². The zero-order chi connectivity index (χ0) is 38.0. The summed E-state index contributed by atoms with van der Waals surface area (Å²) >= 11 is 0. The zero-order valence-electron chi connectivity index (χ0n) is 30.9. The average Bonchev–Trinajstić information content (AvgIpc) is 3.60. The quantitative estimate of drug-likeness (QED) is 0.106. The molecule has 10 rings (SSSR count). The van der Waals surface area contributed by atoms with Gasteiger partial charge in [0.25, 0.3) is 0 Å². The molecule has 0 amide bonds. The number of ether oxygens (including phenoxy) is 2. The van der Waals surface area contributed by atoms with Gasteiger partial charge in [-0.2, -0.15) is 22.9 Å². The molecule has 7 nitrogen and oxygen atoms in total. The Bertz CT molecular complexity index is 2810. The normalized spacial score (nSPS) is 10.8. The van der Waals surface area contributed by atoms with E-state index in [0.717, 1.165) is 66.6 Å². The van der Waals surface area contributed by atoms with Gasteiger partial charge in [-0.1, -0.05) is 108 Å². The number of pyridine rings is 2. The molecule has 10 aromatic rings. The molecule has 286 valence electrons. The van der Waals surface area contributed by atoms with Gasteiger partial charge in [0, 0.05) is 47.8 Å².